The zero-order valence-electron chi connectivity index (χ0n) is 26.7. The van der Waals surface area contributed by atoms with Crippen molar-refractivity contribution in [1.29, 1.82) is 5.41 Å². The summed E-state index contributed by atoms with van der Waals surface area (Å²) in [7, 11) is 0. The number of nitrogens with two attached hydrogens (primary N) is 2. The fourth-order valence-electron chi connectivity index (χ4n) is 5.44. The van der Waals surface area contributed by atoms with Gasteiger partial charge >= 0.3 is 5.97 Å². The Balaban J connectivity index is 1.18. The minimum atomic E-state index is -1.78. The number of hydrogen-bond donors (Lipinski definition) is 5. The molecular formula is C32H31N9O7S2. The Hall–Kier alpha value is -5.75. The average molecular weight is 718 g/mol. The molecule has 0 saturated carbocycles. The molecule has 2 aliphatic rings. The van der Waals surface area contributed by atoms with E-state index in [0.29, 0.717) is 17.7 Å². The normalized spacial score (nSPS) is 17.7. The van der Waals surface area contributed by atoms with E-state index in [-0.39, 0.29) is 34.7 Å². The minimum Gasteiger partial charge on any atom is -0.543 e. The molecule has 2 atom stereocenters. The van der Waals surface area contributed by atoms with Crippen LogP contribution >= 0.6 is 23.1 Å². The topological polar surface area (TPSA) is 246 Å². The van der Waals surface area contributed by atoms with Gasteiger partial charge in [-0.15, -0.1) is 23.1 Å². The molecule has 1 aromatic carbocycles. The van der Waals surface area contributed by atoms with Gasteiger partial charge in [-0.3, -0.25) is 19.9 Å². The van der Waals surface area contributed by atoms with Crippen LogP contribution in [0.3, 0.4) is 0 Å². The molecule has 1 saturated heterocycles. The summed E-state index contributed by atoms with van der Waals surface area (Å²) in [5.41, 5.74) is 12.0. The number of nitrogens with one attached hydrogen (secondary N) is 2. The number of carbonyl (C=O) groups excluding carboxylic acids is 3. The molecule has 18 heteroatoms. The molecule has 5 heterocycles. The lowest BCUT2D eigenvalue weighted by Crippen LogP contribution is -2.71. The highest BCUT2D eigenvalue weighted by Gasteiger charge is 2.53. The largest absolute Gasteiger partial charge is 0.543 e. The Bertz CT molecular complexity index is 2120. The first-order chi connectivity index (χ1) is 23.7. The molecular weight excluding hydrogens is 687 g/mol. The van der Waals surface area contributed by atoms with E-state index >= 15 is 0 Å². The van der Waals surface area contributed by atoms with Crippen molar-refractivity contribution in [3.63, 3.8) is 0 Å². The number of fused-ring (bicyclic) bond motifs is 2. The third-order valence-electron chi connectivity index (χ3n) is 8.15. The number of aromatic nitrogens is 3. The molecule has 7 N–H and O–H groups in total. The zero-order valence-corrected chi connectivity index (χ0v) is 28.3. The quantitative estimate of drug-likeness (QED) is 0.0429. The molecule has 3 aromatic heterocycles. The standard InChI is InChI=1S/C32H31N9O7S2/c1-32(2,30(46)47)48-38-22(20-15-50-31(35)36-20)26(42)37-23-27(43)41-24(29(44)45)19(14-49-28(23)41)13-39-9-8-21-18(12-39)7-10-40(21)11-16-3-5-17(6-4-16)25(33)34/h3-10,12,15,23,28H,11,13-14H2,1-2H3,(H7-,33,34,35,36,37,42,44,45,46,47)/b38-22-/t23-,28-/m1/s1. The second kappa shape index (κ2) is 13.3. The maximum absolute atomic E-state index is 13.4. The molecule has 2 amide bonds. The van der Waals surface area contributed by atoms with Crippen molar-refractivity contribution in [2.45, 2.75) is 44.0 Å². The predicted octanol–water partition coefficient (Wildman–Crippen LogP) is -0.0121. The summed E-state index contributed by atoms with van der Waals surface area (Å²) in [6.45, 7) is 3.26. The summed E-state index contributed by atoms with van der Waals surface area (Å²) in [5.74, 6) is -4.15. The number of oxime groups is 1. The number of amidine groups is 1. The van der Waals surface area contributed by atoms with Crippen molar-refractivity contribution in [2.75, 3.05) is 11.5 Å². The molecule has 0 aliphatic carbocycles. The van der Waals surface area contributed by atoms with Crippen LogP contribution in [0.2, 0.25) is 0 Å². The summed E-state index contributed by atoms with van der Waals surface area (Å²) < 4.78 is 3.90. The lowest BCUT2D eigenvalue weighted by Gasteiger charge is -2.50. The first-order valence-corrected chi connectivity index (χ1v) is 17.0. The Kier molecular flexibility index (Phi) is 9.06. The minimum absolute atomic E-state index is 0.00498. The Morgan fingerprint density at radius 3 is 2.62 bits per heavy atom. The molecule has 50 heavy (non-hydrogen) atoms. The van der Waals surface area contributed by atoms with Crippen LogP contribution < -0.4 is 26.5 Å². The number of thioether (sulfide) groups is 1. The van der Waals surface area contributed by atoms with Gasteiger partial charge in [0.1, 0.15) is 22.9 Å². The van der Waals surface area contributed by atoms with Gasteiger partial charge in [-0.25, -0.2) is 14.3 Å². The van der Waals surface area contributed by atoms with Gasteiger partial charge in [0.25, 0.3) is 11.8 Å². The monoisotopic (exact) mass is 717 g/mol. The number of carboxylic acids is 2. The number of nitrogen functional groups attached to an aromatic ring is 2. The lowest BCUT2D eigenvalue weighted by molar-refractivity contribution is -0.687. The number of benzene rings is 1. The van der Waals surface area contributed by atoms with E-state index in [0.717, 1.165) is 32.7 Å². The molecule has 16 nitrogen and oxygen atoms in total. The van der Waals surface area contributed by atoms with Crippen molar-refractivity contribution in [3.05, 3.63) is 88.5 Å². The number of amides is 2. The zero-order chi connectivity index (χ0) is 35.9. The molecule has 6 rings (SSSR count). The van der Waals surface area contributed by atoms with Crippen LogP contribution in [-0.4, -0.2) is 77.6 Å². The van der Waals surface area contributed by atoms with Gasteiger partial charge in [0.05, 0.1) is 22.6 Å². The third-order valence-corrected chi connectivity index (χ3v) is 10.2. The number of aliphatic carboxylic acids is 2. The van der Waals surface area contributed by atoms with Gasteiger partial charge in [0.15, 0.2) is 29.8 Å². The van der Waals surface area contributed by atoms with E-state index < -0.39 is 46.5 Å². The van der Waals surface area contributed by atoms with Crippen LogP contribution in [0.5, 0.6) is 0 Å². The molecule has 4 aromatic rings. The van der Waals surface area contributed by atoms with Crippen LogP contribution in [0.15, 0.2) is 76.8 Å². The van der Waals surface area contributed by atoms with Crippen LogP contribution in [-0.2, 0) is 37.1 Å². The van der Waals surface area contributed by atoms with E-state index in [9.17, 15) is 29.4 Å². The number of nitrogens with zero attached hydrogens (tertiary/aromatic N) is 5. The number of β-lactam (4-membered cyclic amide) rings is 1. The van der Waals surface area contributed by atoms with E-state index in [1.807, 2.05) is 47.4 Å². The smallest absolute Gasteiger partial charge is 0.350 e. The Morgan fingerprint density at radius 2 is 1.98 bits per heavy atom. The Labute approximate surface area is 292 Å². The van der Waals surface area contributed by atoms with Crippen LogP contribution in [0.25, 0.3) is 10.9 Å². The molecule has 0 unspecified atom stereocenters. The number of rotatable bonds is 12. The van der Waals surface area contributed by atoms with Gasteiger partial charge in [0.2, 0.25) is 5.60 Å². The van der Waals surface area contributed by atoms with Crippen molar-refractivity contribution < 1.29 is 38.8 Å². The fraction of sp³-hybridized carbons (Fsp3) is 0.250. The van der Waals surface area contributed by atoms with Crippen molar-refractivity contribution >= 4 is 74.4 Å². The van der Waals surface area contributed by atoms with E-state index in [1.54, 1.807) is 12.1 Å². The molecule has 2 aliphatic heterocycles. The summed E-state index contributed by atoms with van der Waals surface area (Å²) in [6, 6.07) is 10.2. The molecule has 0 radical (unpaired) electrons. The fourth-order valence-corrected chi connectivity index (χ4v) is 7.32. The average Bonchev–Trinajstić information content (AvgIpc) is 3.68. The maximum atomic E-state index is 13.4. The highest BCUT2D eigenvalue weighted by molar-refractivity contribution is 8.00. The maximum Gasteiger partial charge on any atom is 0.350 e. The van der Waals surface area contributed by atoms with E-state index in [2.05, 4.69) is 20.0 Å². The summed E-state index contributed by atoms with van der Waals surface area (Å²) in [4.78, 5) is 60.9. The molecule has 0 spiro atoms. The third kappa shape index (κ3) is 6.61. The van der Waals surface area contributed by atoms with Gasteiger partial charge in [0, 0.05) is 41.1 Å². The van der Waals surface area contributed by atoms with Gasteiger partial charge < -0.3 is 41.2 Å². The number of anilines is 1. The summed E-state index contributed by atoms with van der Waals surface area (Å²) >= 11 is 2.30. The molecule has 0 bridgehead atoms. The lowest BCUT2D eigenvalue weighted by atomic mass is 10.0. The predicted molar refractivity (Wildman–Crippen MR) is 182 cm³/mol. The van der Waals surface area contributed by atoms with Crippen molar-refractivity contribution in [2.24, 2.45) is 10.9 Å². The van der Waals surface area contributed by atoms with Crippen molar-refractivity contribution in [1.82, 2.24) is 19.8 Å². The number of hydrogen-bond acceptors (Lipinski definition) is 12. The number of pyridine rings is 1. The van der Waals surface area contributed by atoms with Crippen LogP contribution in [0, 0.1) is 5.41 Å². The first kappa shape index (κ1) is 34.1. The van der Waals surface area contributed by atoms with Gasteiger partial charge in [-0.05, 0) is 25.5 Å². The highest BCUT2D eigenvalue weighted by atomic mass is 32.2. The number of thiazole rings is 1. The second-order valence-electron chi connectivity index (χ2n) is 12.0. The number of carbonyl (C=O) groups is 4. The molecule has 1 fully saturated rings. The Morgan fingerprint density at radius 1 is 1.24 bits per heavy atom. The summed E-state index contributed by atoms with van der Waals surface area (Å²) in [6.07, 6.45) is 5.67. The SMILES string of the molecule is CC(C)(O/N=C(\C(=O)N[C@@H]1C(=O)N2C(C(=O)[O-])=C(C[n+]3ccc4c(ccn4Cc4ccc(C(=N)N)cc4)c3)CS[C@H]12)c1csc(N)n1)C(=O)O. The molecule has 258 valence electrons. The van der Waals surface area contributed by atoms with Crippen LogP contribution in [0.4, 0.5) is 5.13 Å². The number of carboxylic acid groups (broad SMARTS) is 2. The first-order valence-electron chi connectivity index (χ1n) is 15.0. The highest BCUT2D eigenvalue weighted by Crippen LogP contribution is 2.40. The van der Waals surface area contributed by atoms with E-state index in [4.69, 9.17) is 21.7 Å². The van der Waals surface area contributed by atoms with E-state index in [1.165, 1.54) is 31.0 Å². The van der Waals surface area contributed by atoms with Crippen molar-refractivity contribution in [3.8, 4) is 0 Å². The van der Waals surface area contributed by atoms with Gasteiger partial charge in [-0.1, -0.05) is 29.4 Å². The second-order valence-corrected chi connectivity index (χ2v) is 14.0. The van der Waals surface area contributed by atoms with Crippen LogP contribution in [0.1, 0.15) is 30.7 Å². The summed E-state index contributed by atoms with van der Waals surface area (Å²) in [5, 5.41) is 37.4. The van der Waals surface area contributed by atoms with Gasteiger partial charge in [-0.2, -0.15) is 0 Å².